The van der Waals surface area contributed by atoms with Crippen LogP contribution in [0.4, 0.5) is 10.1 Å². The van der Waals surface area contributed by atoms with Gasteiger partial charge in [0.1, 0.15) is 6.10 Å². The number of nitrogens with zero attached hydrogens (tertiary/aromatic N) is 1. The molecule has 1 aliphatic rings. The molecule has 1 N–H and O–H groups in total. The Morgan fingerprint density at radius 3 is 2.84 bits per heavy atom. The first-order valence-electron chi connectivity index (χ1n) is 6.01. The van der Waals surface area contributed by atoms with Gasteiger partial charge in [-0.2, -0.15) is 0 Å². The molecular formula is C12H15FN2O4. The third-order valence-corrected chi connectivity index (χ3v) is 2.98. The minimum absolute atomic E-state index is 0.00910. The van der Waals surface area contributed by atoms with Gasteiger partial charge in [0.25, 0.3) is 0 Å². The lowest BCUT2D eigenvalue weighted by atomic mass is 10.1. The predicted molar refractivity (Wildman–Crippen MR) is 66.1 cm³/mol. The third-order valence-electron chi connectivity index (χ3n) is 2.98. The van der Waals surface area contributed by atoms with Crippen LogP contribution in [0.3, 0.4) is 0 Å². The Hall–Kier alpha value is -1.89. The summed E-state index contributed by atoms with van der Waals surface area (Å²) >= 11 is 0. The molecule has 1 aromatic rings. The fraction of sp³-hybridized carbons (Fsp3) is 0.500. The summed E-state index contributed by atoms with van der Waals surface area (Å²) in [6, 6.07) is 2.05. The van der Waals surface area contributed by atoms with Crippen LogP contribution in [-0.2, 0) is 0 Å². The van der Waals surface area contributed by atoms with Gasteiger partial charge in [-0.15, -0.1) is 0 Å². The van der Waals surface area contributed by atoms with E-state index in [1.165, 1.54) is 13.2 Å². The fourth-order valence-electron chi connectivity index (χ4n) is 2.02. The number of methoxy groups -OCH3 is 1. The highest BCUT2D eigenvalue weighted by Gasteiger charge is 2.22. The number of benzene rings is 1. The van der Waals surface area contributed by atoms with Crippen molar-refractivity contribution in [3.05, 3.63) is 28.1 Å². The van der Waals surface area contributed by atoms with Crippen LogP contribution in [0.25, 0.3) is 0 Å². The average Bonchev–Trinajstić information content (AvgIpc) is 2.41. The minimum Gasteiger partial charge on any atom is -0.490 e. The number of piperidine rings is 1. The minimum atomic E-state index is -0.752. The molecule has 1 saturated heterocycles. The van der Waals surface area contributed by atoms with E-state index in [0.717, 1.165) is 25.5 Å². The molecule has 0 unspecified atom stereocenters. The summed E-state index contributed by atoms with van der Waals surface area (Å²) in [6.07, 6.45) is 1.65. The second kappa shape index (κ2) is 5.83. The number of rotatable bonds is 4. The van der Waals surface area contributed by atoms with Gasteiger partial charge in [-0.3, -0.25) is 10.1 Å². The van der Waals surface area contributed by atoms with Crippen LogP contribution < -0.4 is 14.8 Å². The lowest BCUT2D eigenvalue weighted by Gasteiger charge is -2.24. The molecule has 1 aromatic carbocycles. The van der Waals surface area contributed by atoms with Crippen molar-refractivity contribution < 1.29 is 18.8 Å². The van der Waals surface area contributed by atoms with Crippen LogP contribution in [-0.4, -0.2) is 31.2 Å². The summed E-state index contributed by atoms with van der Waals surface area (Å²) in [5.74, 6) is -0.778. The Balaban J connectivity index is 2.22. The van der Waals surface area contributed by atoms with Crippen molar-refractivity contribution >= 4 is 5.69 Å². The quantitative estimate of drug-likeness (QED) is 0.668. The van der Waals surface area contributed by atoms with E-state index < -0.39 is 16.4 Å². The molecule has 7 heteroatoms. The van der Waals surface area contributed by atoms with E-state index >= 15 is 0 Å². The van der Waals surface area contributed by atoms with E-state index in [1.54, 1.807) is 0 Å². The molecule has 1 heterocycles. The molecule has 0 aromatic heterocycles. The van der Waals surface area contributed by atoms with E-state index in [2.05, 4.69) is 5.32 Å². The van der Waals surface area contributed by atoms with Gasteiger partial charge in [-0.25, -0.2) is 4.39 Å². The number of nitro benzene ring substituents is 1. The first-order chi connectivity index (χ1) is 9.11. The van der Waals surface area contributed by atoms with E-state index in [0.29, 0.717) is 6.54 Å². The highest BCUT2D eigenvalue weighted by Crippen LogP contribution is 2.34. The molecule has 0 bridgehead atoms. The Morgan fingerprint density at radius 2 is 2.26 bits per heavy atom. The summed E-state index contributed by atoms with van der Waals surface area (Å²) in [5.41, 5.74) is -0.408. The van der Waals surface area contributed by atoms with Crippen molar-refractivity contribution in [1.82, 2.24) is 5.32 Å². The Morgan fingerprint density at radius 1 is 1.47 bits per heavy atom. The normalized spacial score (nSPS) is 18.9. The molecule has 19 heavy (non-hydrogen) atoms. The average molecular weight is 270 g/mol. The lowest BCUT2D eigenvalue weighted by Crippen LogP contribution is -2.37. The van der Waals surface area contributed by atoms with Crippen LogP contribution in [0.2, 0.25) is 0 Å². The second-order valence-electron chi connectivity index (χ2n) is 4.30. The molecule has 1 fully saturated rings. The summed E-state index contributed by atoms with van der Waals surface area (Å²) in [5, 5.41) is 13.9. The molecule has 2 rings (SSSR count). The molecule has 0 aliphatic carbocycles. The van der Waals surface area contributed by atoms with Gasteiger partial charge in [0, 0.05) is 12.6 Å². The highest BCUT2D eigenvalue weighted by molar-refractivity contribution is 5.51. The molecule has 0 spiro atoms. The van der Waals surface area contributed by atoms with Gasteiger partial charge >= 0.3 is 5.69 Å². The maximum absolute atomic E-state index is 13.8. The SMILES string of the molecule is COc1cc(O[C@H]2CCCNC2)c(F)cc1[N+](=O)[O-]. The molecule has 1 aliphatic heterocycles. The maximum Gasteiger partial charge on any atom is 0.314 e. The zero-order valence-electron chi connectivity index (χ0n) is 10.5. The summed E-state index contributed by atoms with van der Waals surface area (Å²) < 4.78 is 24.2. The largest absolute Gasteiger partial charge is 0.490 e. The molecule has 0 radical (unpaired) electrons. The van der Waals surface area contributed by atoms with Crippen LogP contribution in [0, 0.1) is 15.9 Å². The zero-order valence-corrected chi connectivity index (χ0v) is 10.5. The molecule has 1 atom stereocenters. The topological polar surface area (TPSA) is 73.6 Å². The standard InChI is InChI=1S/C12H15FN2O4/c1-18-12-6-11(9(13)5-10(12)15(16)17)19-8-3-2-4-14-7-8/h5-6,8,14H,2-4,7H2,1H3/t8-/m0/s1. The Kier molecular flexibility index (Phi) is 4.16. The molecular weight excluding hydrogens is 255 g/mol. The van der Waals surface area contributed by atoms with Gasteiger partial charge in [0.15, 0.2) is 11.6 Å². The highest BCUT2D eigenvalue weighted by atomic mass is 19.1. The van der Waals surface area contributed by atoms with Gasteiger partial charge in [0.2, 0.25) is 5.75 Å². The molecule has 6 nitrogen and oxygen atoms in total. The van der Waals surface area contributed by atoms with Crippen molar-refractivity contribution in [2.24, 2.45) is 0 Å². The van der Waals surface area contributed by atoms with E-state index in [9.17, 15) is 14.5 Å². The Labute approximate surface area is 109 Å². The predicted octanol–water partition coefficient (Wildman–Crippen LogP) is 1.87. The van der Waals surface area contributed by atoms with Gasteiger partial charge in [-0.05, 0) is 19.4 Å². The summed E-state index contributed by atoms with van der Waals surface area (Å²) in [6.45, 7) is 1.56. The van der Waals surface area contributed by atoms with Gasteiger partial charge < -0.3 is 14.8 Å². The fourth-order valence-corrected chi connectivity index (χ4v) is 2.02. The number of nitrogens with one attached hydrogen (secondary N) is 1. The first-order valence-corrected chi connectivity index (χ1v) is 6.01. The van der Waals surface area contributed by atoms with Crippen LogP contribution in [0.15, 0.2) is 12.1 Å². The smallest absolute Gasteiger partial charge is 0.314 e. The molecule has 0 saturated carbocycles. The Bertz CT molecular complexity index is 475. The van der Waals surface area contributed by atoms with E-state index in [4.69, 9.17) is 9.47 Å². The summed E-state index contributed by atoms with van der Waals surface area (Å²) in [7, 11) is 1.30. The van der Waals surface area contributed by atoms with E-state index in [1.807, 2.05) is 0 Å². The number of hydrogen-bond donors (Lipinski definition) is 1. The first kappa shape index (κ1) is 13.5. The maximum atomic E-state index is 13.8. The van der Waals surface area contributed by atoms with Crippen molar-refractivity contribution in [2.75, 3.05) is 20.2 Å². The molecule has 104 valence electrons. The third kappa shape index (κ3) is 3.11. The lowest BCUT2D eigenvalue weighted by molar-refractivity contribution is -0.386. The van der Waals surface area contributed by atoms with Crippen molar-refractivity contribution in [3.63, 3.8) is 0 Å². The van der Waals surface area contributed by atoms with Crippen LogP contribution >= 0.6 is 0 Å². The number of halogens is 1. The summed E-state index contributed by atoms with van der Waals surface area (Å²) in [4.78, 5) is 10.1. The van der Waals surface area contributed by atoms with Gasteiger partial charge in [-0.1, -0.05) is 0 Å². The molecule has 0 amide bonds. The van der Waals surface area contributed by atoms with Gasteiger partial charge in [0.05, 0.1) is 18.1 Å². The van der Waals surface area contributed by atoms with E-state index in [-0.39, 0.29) is 17.6 Å². The zero-order chi connectivity index (χ0) is 13.8. The van der Waals surface area contributed by atoms with Crippen molar-refractivity contribution in [1.29, 1.82) is 0 Å². The monoisotopic (exact) mass is 270 g/mol. The number of hydrogen-bond acceptors (Lipinski definition) is 5. The van der Waals surface area contributed by atoms with Crippen LogP contribution in [0.5, 0.6) is 11.5 Å². The van der Waals surface area contributed by atoms with Crippen molar-refractivity contribution in [3.8, 4) is 11.5 Å². The number of ether oxygens (including phenoxy) is 2. The number of nitro groups is 1. The second-order valence-corrected chi connectivity index (χ2v) is 4.30. The van der Waals surface area contributed by atoms with Crippen molar-refractivity contribution in [2.45, 2.75) is 18.9 Å². The van der Waals surface area contributed by atoms with Crippen LogP contribution in [0.1, 0.15) is 12.8 Å².